The third kappa shape index (κ3) is 5.92. The van der Waals surface area contributed by atoms with E-state index in [-0.39, 0.29) is 24.4 Å². The average molecular weight is 425 g/mol. The van der Waals surface area contributed by atoms with Crippen molar-refractivity contribution >= 4 is 5.91 Å². The maximum Gasteiger partial charge on any atom is 0.471 e. The molecule has 1 amide bonds. The molecule has 1 atom stereocenters. The first-order valence-corrected chi connectivity index (χ1v) is 8.37. The Balaban J connectivity index is 2.07. The van der Waals surface area contributed by atoms with Crippen molar-refractivity contribution in [3.8, 4) is 11.4 Å². The normalized spacial score (nSPS) is 13.4. The number of hydrogen-bond acceptors (Lipinski definition) is 5. The van der Waals surface area contributed by atoms with Gasteiger partial charge in [0.25, 0.3) is 0 Å². The standard InChI is InChI=1S/C17H17F6N3O3/c1-3-12(16(18,19)20)8-13(27)26(28-2)9-10-4-6-11(7-5-10)14-24-15(29-25-14)17(21,22)23/h4-7,12H,3,8-9H2,1-2H3. The Hall–Kier alpha value is -2.63. The number of hydroxylamine groups is 2. The van der Waals surface area contributed by atoms with Crippen LogP contribution >= 0.6 is 0 Å². The van der Waals surface area contributed by atoms with Gasteiger partial charge in [0, 0.05) is 12.0 Å². The molecular weight excluding hydrogens is 408 g/mol. The summed E-state index contributed by atoms with van der Waals surface area (Å²) < 4.78 is 80.2. The van der Waals surface area contributed by atoms with Gasteiger partial charge in [0.2, 0.25) is 11.7 Å². The summed E-state index contributed by atoms with van der Waals surface area (Å²) in [5.41, 5.74) is 0.704. The summed E-state index contributed by atoms with van der Waals surface area (Å²) >= 11 is 0. The molecular formula is C17H17F6N3O3. The van der Waals surface area contributed by atoms with Gasteiger partial charge in [-0.2, -0.15) is 31.3 Å². The van der Waals surface area contributed by atoms with E-state index in [2.05, 4.69) is 14.7 Å². The van der Waals surface area contributed by atoms with Gasteiger partial charge in [0.05, 0.1) is 19.6 Å². The van der Waals surface area contributed by atoms with Gasteiger partial charge < -0.3 is 4.52 Å². The van der Waals surface area contributed by atoms with Crippen LogP contribution in [-0.2, 0) is 22.4 Å². The largest absolute Gasteiger partial charge is 0.471 e. The van der Waals surface area contributed by atoms with Crippen molar-refractivity contribution in [3.05, 3.63) is 35.7 Å². The Bertz CT molecular complexity index is 817. The lowest BCUT2D eigenvalue weighted by molar-refractivity contribution is -0.198. The van der Waals surface area contributed by atoms with Gasteiger partial charge in [-0.3, -0.25) is 9.63 Å². The predicted octanol–water partition coefficient (Wildman–Crippen LogP) is 4.62. The molecule has 0 bridgehead atoms. The van der Waals surface area contributed by atoms with Crippen molar-refractivity contribution in [1.29, 1.82) is 0 Å². The molecule has 6 nitrogen and oxygen atoms in total. The first-order chi connectivity index (χ1) is 13.5. The summed E-state index contributed by atoms with van der Waals surface area (Å²) in [6.45, 7) is 1.19. The van der Waals surface area contributed by atoms with Gasteiger partial charge in [-0.25, -0.2) is 5.06 Å². The molecule has 2 aromatic rings. The summed E-state index contributed by atoms with van der Waals surface area (Å²) in [5.74, 6) is -4.38. The second-order valence-corrected chi connectivity index (χ2v) is 6.08. The highest BCUT2D eigenvalue weighted by molar-refractivity contribution is 5.75. The van der Waals surface area contributed by atoms with E-state index in [1.54, 1.807) is 0 Å². The van der Waals surface area contributed by atoms with Gasteiger partial charge in [0.15, 0.2) is 0 Å². The van der Waals surface area contributed by atoms with Crippen LogP contribution in [0.25, 0.3) is 11.4 Å². The van der Waals surface area contributed by atoms with Gasteiger partial charge in [-0.05, 0) is 12.0 Å². The Labute approximate surface area is 161 Å². The molecule has 12 heteroatoms. The fraction of sp³-hybridized carbons (Fsp3) is 0.471. The molecule has 0 aliphatic heterocycles. The van der Waals surface area contributed by atoms with Crippen LogP contribution in [-0.4, -0.2) is 34.4 Å². The van der Waals surface area contributed by atoms with Crippen LogP contribution in [0.3, 0.4) is 0 Å². The number of rotatable bonds is 7. The van der Waals surface area contributed by atoms with Crippen molar-refractivity contribution in [3.63, 3.8) is 0 Å². The van der Waals surface area contributed by atoms with Gasteiger partial charge in [-0.1, -0.05) is 36.3 Å². The van der Waals surface area contributed by atoms with Crippen molar-refractivity contribution in [2.45, 2.75) is 38.7 Å². The van der Waals surface area contributed by atoms with E-state index >= 15 is 0 Å². The number of nitrogens with zero attached hydrogens (tertiary/aromatic N) is 3. The number of carbonyl (C=O) groups excluding carboxylic acids is 1. The molecule has 0 aliphatic rings. The lowest BCUT2D eigenvalue weighted by Gasteiger charge is -2.24. The zero-order valence-corrected chi connectivity index (χ0v) is 15.3. The van der Waals surface area contributed by atoms with Crippen molar-refractivity contribution in [1.82, 2.24) is 15.2 Å². The number of carbonyl (C=O) groups is 1. The minimum absolute atomic E-state index is 0.149. The maximum absolute atomic E-state index is 12.9. The number of hydrogen-bond donors (Lipinski definition) is 0. The SMILES string of the molecule is CCC(CC(=O)N(Cc1ccc(-c2noc(C(F)(F)F)n2)cc1)OC)C(F)(F)F. The molecule has 1 unspecified atom stereocenters. The first kappa shape index (κ1) is 22.7. The van der Waals surface area contributed by atoms with Crippen LogP contribution in [0.1, 0.15) is 31.2 Å². The Morgan fingerprint density at radius 2 is 1.79 bits per heavy atom. The van der Waals surface area contributed by atoms with Gasteiger partial charge in [0.1, 0.15) is 0 Å². The summed E-state index contributed by atoms with van der Waals surface area (Å²) in [6.07, 6.45) is -10.3. The molecule has 1 aromatic heterocycles. The molecule has 0 saturated heterocycles. The van der Waals surface area contributed by atoms with Crippen molar-refractivity contribution < 1.29 is 40.5 Å². The molecule has 1 aromatic carbocycles. The van der Waals surface area contributed by atoms with Crippen LogP contribution in [0.4, 0.5) is 26.3 Å². The minimum Gasteiger partial charge on any atom is -0.329 e. The first-order valence-electron chi connectivity index (χ1n) is 8.37. The van der Waals surface area contributed by atoms with E-state index in [1.807, 2.05) is 0 Å². The molecule has 29 heavy (non-hydrogen) atoms. The molecule has 160 valence electrons. The Morgan fingerprint density at radius 3 is 2.24 bits per heavy atom. The summed E-state index contributed by atoms with van der Waals surface area (Å²) in [6, 6.07) is 5.70. The lowest BCUT2D eigenvalue weighted by Crippen LogP contribution is -2.34. The predicted molar refractivity (Wildman–Crippen MR) is 86.7 cm³/mol. The quantitative estimate of drug-likeness (QED) is 0.478. The van der Waals surface area contributed by atoms with E-state index < -0.39 is 36.5 Å². The Kier molecular flexibility index (Phi) is 6.88. The highest BCUT2D eigenvalue weighted by atomic mass is 19.4. The molecule has 0 N–H and O–H groups in total. The highest BCUT2D eigenvalue weighted by Gasteiger charge is 2.40. The van der Waals surface area contributed by atoms with E-state index in [1.165, 1.54) is 31.2 Å². The molecule has 2 rings (SSSR count). The van der Waals surface area contributed by atoms with Gasteiger partial charge >= 0.3 is 18.2 Å². The van der Waals surface area contributed by atoms with Crippen LogP contribution < -0.4 is 0 Å². The van der Waals surface area contributed by atoms with E-state index in [0.29, 0.717) is 5.56 Å². The van der Waals surface area contributed by atoms with E-state index in [0.717, 1.165) is 12.2 Å². The summed E-state index contributed by atoms with van der Waals surface area (Å²) in [4.78, 5) is 20.3. The Morgan fingerprint density at radius 1 is 1.17 bits per heavy atom. The zero-order chi connectivity index (χ0) is 21.8. The van der Waals surface area contributed by atoms with Crippen molar-refractivity contribution in [2.24, 2.45) is 5.92 Å². The third-order valence-electron chi connectivity index (χ3n) is 4.08. The number of benzene rings is 1. The zero-order valence-electron chi connectivity index (χ0n) is 15.3. The molecule has 0 aliphatic carbocycles. The van der Waals surface area contributed by atoms with E-state index in [4.69, 9.17) is 4.84 Å². The number of aromatic nitrogens is 2. The van der Waals surface area contributed by atoms with Crippen LogP contribution in [0.15, 0.2) is 28.8 Å². The fourth-order valence-corrected chi connectivity index (χ4v) is 2.44. The number of amides is 1. The number of halogens is 6. The van der Waals surface area contributed by atoms with Crippen molar-refractivity contribution in [2.75, 3.05) is 7.11 Å². The average Bonchev–Trinajstić information content (AvgIpc) is 3.14. The van der Waals surface area contributed by atoms with Gasteiger partial charge in [-0.15, -0.1) is 0 Å². The second kappa shape index (κ2) is 8.80. The molecule has 0 fully saturated rings. The monoisotopic (exact) mass is 425 g/mol. The topological polar surface area (TPSA) is 68.5 Å². The molecule has 0 spiro atoms. The third-order valence-corrected chi connectivity index (χ3v) is 4.08. The maximum atomic E-state index is 12.9. The molecule has 0 radical (unpaired) electrons. The summed E-state index contributed by atoms with van der Waals surface area (Å²) in [7, 11) is 1.15. The molecule has 1 heterocycles. The van der Waals surface area contributed by atoms with Crippen LogP contribution in [0.5, 0.6) is 0 Å². The number of alkyl halides is 6. The minimum atomic E-state index is -4.77. The summed E-state index contributed by atoms with van der Waals surface area (Å²) in [5, 5.41) is 4.04. The highest BCUT2D eigenvalue weighted by Crippen LogP contribution is 2.32. The van der Waals surface area contributed by atoms with Crippen LogP contribution in [0, 0.1) is 5.92 Å². The lowest BCUT2D eigenvalue weighted by atomic mass is 10.0. The van der Waals surface area contributed by atoms with E-state index in [9.17, 15) is 31.1 Å². The van der Waals surface area contributed by atoms with Crippen LogP contribution in [0.2, 0.25) is 0 Å². The smallest absolute Gasteiger partial charge is 0.329 e. The fourth-order valence-electron chi connectivity index (χ4n) is 2.44. The second-order valence-electron chi connectivity index (χ2n) is 6.08. The molecule has 0 saturated carbocycles.